The molecule has 1 aromatic heterocycles. The molecule has 0 bridgehead atoms. The summed E-state index contributed by atoms with van der Waals surface area (Å²) in [5.74, 6) is 0.976. The number of aromatic nitrogens is 2. The molecule has 19 heavy (non-hydrogen) atoms. The van der Waals surface area contributed by atoms with Gasteiger partial charge >= 0.3 is 0 Å². The molecule has 0 radical (unpaired) electrons. The number of halogens is 1. The number of amides is 1. The second-order valence-corrected chi connectivity index (χ2v) is 4.53. The van der Waals surface area contributed by atoms with Gasteiger partial charge in [0.25, 0.3) is 0 Å². The molecule has 0 saturated carbocycles. The van der Waals surface area contributed by atoms with Crippen molar-refractivity contribution in [3.63, 3.8) is 0 Å². The van der Waals surface area contributed by atoms with Crippen molar-refractivity contribution in [3.05, 3.63) is 17.0 Å². The minimum atomic E-state index is -0.383. The maximum atomic E-state index is 11.9. The quantitative estimate of drug-likeness (QED) is 0.804. The molecule has 1 rings (SSSR count). The van der Waals surface area contributed by atoms with Crippen LogP contribution in [-0.4, -0.2) is 47.5 Å². The summed E-state index contributed by atoms with van der Waals surface area (Å²) in [4.78, 5) is 21.8. The van der Waals surface area contributed by atoms with Crippen LogP contribution in [0.4, 0.5) is 5.82 Å². The van der Waals surface area contributed by atoms with E-state index in [9.17, 15) is 4.79 Å². The van der Waals surface area contributed by atoms with Crippen molar-refractivity contribution in [2.75, 3.05) is 26.0 Å². The largest absolute Gasteiger partial charge is 0.377 e. The molecule has 6 nitrogen and oxygen atoms in total. The van der Waals surface area contributed by atoms with E-state index >= 15 is 0 Å². The lowest BCUT2D eigenvalue weighted by Gasteiger charge is -2.21. The number of nitrogens with zero attached hydrogens (tertiary/aromatic N) is 3. The molecule has 1 amide bonds. The molecule has 0 aliphatic carbocycles. The van der Waals surface area contributed by atoms with Crippen LogP contribution in [0.3, 0.4) is 0 Å². The first kappa shape index (κ1) is 15.7. The maximum absolute atomic E-state index is 11.9. The molecule has 1 aromatic rings. The van der Waals surface area contributed by atoms with Gasteiger partial charge in [-0.2, -0.15) is 0 Å². The second-order valence-electron chi connectivity index (χ2n) is 4.14. The van der Waals surface area contributed by atoms with Crippen LogP contribution in [-0.2, 0) is 16.1 Å². The average Bonchev–Trinajstić information content (AvgIpc) is 2.36. The monoisotopic (exact) mass is 286 g/mol. The van der Waals surface area contributed by atoms with Gasteiger partial charge in [0, 0.05) is 26.8 Å². The Balaban J connectivity index is 2.78. The number of methoxy groups -OCH3 is 1. The van der Waals surface area contributed by atoms with Gasteiger partial charge in [0.05, 0.1) is 0 Å². The van der Waals surface area contributed by atoms with Crippen LogP contribution in [0.25, 0.3) is 0 Å². The number of anilines is 1. The first-order valence-corrected chi connectivity index (χ1v) is 6.39. The molecule has 1 atom stereocenters. The van der Waals surface area contributed by atoms with Crippen molar-refractivity contribution in [1.82, 2.24) is 14.9 Å². The molecule has 0 aromatic carbocycles. The second kappa shape index (κ2) is 7.25. The normalized spacial score (nSPS) is 12.1. The fourth-order valence-electron chi connectivity index (χ4n) is 1.50. The number of carbonyl (C=O) groups excluding carboxylic acids is 1. The van der Waals surface area contributed by atoms with Crippen molar-refractivity contribution in [2.45, 2.75) is 26.5 Å². The molecular weight excluding hydrogens is 268 g/mol. The zero-order chi connectivity index (χ0) is 14.4. The Morgan fingerprint density at radius 2 is 2.26 bits per heavy atom. The van der Waals surface area contributed by atoms with E-state index in [-0.39, 0.29) is 18.6 Å². The summed E-state index contributed by atoms with van der Waals surface area (Å²) in [5, 5.41) is 3.33. The molecule has 1 unspecified atom stereocenters. The van der Waals surface area contributed by atoms with E-state index < -0.39 is 0 Å². The third-order valence-corrected chi connectivity index (χ3v) is 2.79. The number of rotatable bonds is 6. The Hall–Kier alpha value is -1.40. The van der Waals surface area contributed by atoms with Gasteiger partial charge in [-0.05, 0) is 13.8 Å². The Morgan fingerprint density at radius 3 is 2.84 bits per heavy atom. The zero-order valence-electron chi connectivity index (χ0n) is 11.6. The zero-order valence-corrected chi connectivity index (χ0v) is 12.4. The highest BCUT2D eigenvalue weighted by atomic mass is 35.5. The summed E-state index contributed by atoms with van der Waals surface area (Å²) in [5.41, 5.74) is 0. The fourth-order valence-corrected chi connectivity index (χ4v) is 1.70. The van der Waals surface area contributed by atoms with E-state index in [4.69, 9.17) is 16.3 Å². The number of ether oxygens (including phenoxy) is 1. The highest BCUT2D eigenvalue weighted by Crippen LogP contribution is 2.13. The molecular formula is C12H19ClN4O2. The Labute approximate surface area is 118 Å². The molecule has 0 saturated heterocycles. The van der Waals surface area contributed by atoms with E-state index in [1.54, 1.807) is 32.0 Å². The molecule has 0 aliphatic rings. The average molecular weight is 287 g/mol. The van der Waals surface area contributed by atoms with Gasteiger partial charge in [0.15, 0.2) is 5.82 Å². The Kier molecular flexibility index (Phi) is 5.98. The first-order valence-electron chi connectivity index (χ1n) is 6.01. The molecule has 106 valence electrons. The van der Waals surface area contributed by atoms with Gasteiger partial charge in [0.2, 0.25) is 5.91 Å². The molecule has 0 spiro atoms. The predicted molar refractivity (Wildman–Crippen MR) is 74.2 cm³/mol. The summed E-state index contributed by atoms with van der Waals surface area (Å²) in [7, 11) is 3.31. The smallest absolute Gasteiger partial charge is 0.244 e. The summed E-state index contributed by atoms with van der Waals surface area (Å²) in [6, 6.07) is 1.20. The minimum Gasteiger partial charge on any atom is -0.377 e. The first-order chi connectivity index (χ1) is 8.97. The minimum absolute atomic E-state index is 0.00877. The molecule has 7 heteroatoms. The number of hydrogen-bond donors (Lipinski definition) is 1. The molecule has 1 heterocycles. The van der Waals surface area contributed by atoms with Crippen molar-refractivity contribution in [1.29, 1.82) is 0 Å². The van der Waals surface area contributed by atoms with Crippen molar-refractivity contribution >= 4 is 23.3 Å². The van der Waals surface area contributed by atoms with Crippen LogP contribution in [0.5, 0.6) is 0 Å². The summed E-state index contributed by atoms with van der Waals surface area (Å²) >= 11 is 5.90. The number of carbonyl (C=O) groups is 1. The van der Waals surface area contributed by atoms with E-state index in [1.807, 2.05) is 6.92 Å². The van der Waals surface area contributed by atoms with Crippen LogP contribution in [0.2, 0.25) is 5.15 Å². The lowest BCUT2D eigenvalue weighted by atomic mass is 10.3. The van der Waals surface area contributed by atoms with Crippen LogP contribution >= 0.6 is 11.6 Å². The van der Waals surface area contributed by atoms with Gasteiger partial charge in [-0.15, -0.1) is 0 Å². The van der Waals surface area contributed by atoms with E-state index in [0.717, 1.165) is 0 Å². The van der Waals surface area contributed by atoms with Crippen molar-refractivity contribution in [2.24, 2.45) is 0 Å². The standard InChI is InChI=1S/C12H19ClN4O2/c1-5-17(3)12(18)8(2)14-10-6-9(13)15-11(16-10)7-19-4/h6,8H,5,7H2,1-4H3,(H,14,15,16). The van der Waals surface area contributed by atoms with Crippen LogP contribution in [0.1, 0.15) is 19.7 Å². The van der Waals surface area contributed by atoms with Crippen LogP contribution in [0.15, 0.2) is 6.07 Å². The van der Waals surface area contributed by atoms with Crippen LogP contribution < -0.4 is 5.32 Å². The van der Waals surface area contributed by atoms with Crippen LogP contribution in [0, 0.1) is 0 Å². The Bertz CT molecular complexity index is 442. The maximum Gasteiger partial charge on any atom is 0.244 e. The highest BCUT2D eigenvalue weighted by Gasteiger charge is 2.17. The van der Waals surface area contributed by atoms with E-state index in [2.05, 4.69) is 15.3 Å². The molecule has 0 fully saturated rings. The number of likely N-dealkylation sites (N-methyl/N-ethyl adjacent to an activating group) is 1. The number of hydrogen-bond acceptors (Lipinski definition) is 5. The van der Waals surface area contributed by atoms with Gasteiger partial charge in [-0.3, -0.25) is 4.79 Å². The van der Waals surface area contributed by atoms with Crippen molar-refractivity contribution < 1.29 is 9.53 Å². The lowest BCUT2D eigenvalue weighted by molar-refractivity contribution is -0.130. The summed E-state index contributed by atoms with van der Waals surface area (Å²) < 4.78 is 4.96. The highest BCUT2D eigenvalue weighted by molar-refractivity contribution is 6.29. The number of nitrogens with one attached hydrogen (secondary N) is 1. The third-order valence-electron chi connectivity index (χ3n) is 2.60. The summed E-state index contributed by atoms with van der Waals surface area (Å²) in [6.07, 6.45) is 0. The van der Waals surface area contributed by atoms with E-state index in [0.29, 0.717) is 23.3 Å². The van der Waals surface area contributed by atoms with Gasteiger partial charge in [-0.25, -0.2) is 9.97 Å². The van der Waals surface area contributed by atoms with Gasteiger partial charge in [0.1, 0.15) is 23.6 Å². The van der Waals surface area contributed by atoms with Crippen molar-refractivity contribution in [3.8, 4) is 0 Å². The van der Waals surface area contributed by atoms with Gasteiger partial charge in [-0.1, -0.05) is 11.6 Å². The lowest BCUT2D eigenvalue weighted by Crippen LogP contribution is -2.39. The summed E-state index contributed by atoms with van der Waals surface area (Å²) in [6.45, 7) is 4.63. The van der Waals surface area contributed by atoms with Gasteiger partial charge < -0.3 is 15.0 Å². The fraction of sp³-hybridized carbons (Fsp3) is 0.583. The Morgan fingerprint density at radius 1 is 1.58 bits per heavy atom. The predicted octanol–water partition coefficient (Wildman–Crippen LogP) is 1.56. The topological polar surface area (TPSA) is 67.4 Å². The van der Waals surface area contributed by atoms with E-state index in [1.165, 1.54) is 0 Å². The SMILES string of the molecule is CCN(C)C(=O)C(C)Nc1cc(Cl)nc(COC)n1. The molecule has 1 N–H and O–H groups in total. The third kappa shape index (κ3) is 4.65. The molecule has 0 aliphatic heterocycles.